The largest absolute Gasteiger partial charge is 0.480 e. The zero-order valence-electron chi connectivity index (χ0n) is 14.4. The Labute approximate surface area is 150 Å². The highest BCUT2D eigenvalue weighted by molar-refractivity contribution is 5.96. The average Bonchev–Trinajstić information content (AvgIpc) is 3.22. The lowest BCUT2D eigenvalue weighted by Gasteiger charge is -2.18. The van der Waals surface area contributed by atoms with E-state index in [9.17, 15) is 14.7 Å². The molecular weight excluding hydrogens is 330 g/mol. The minimum absolute atomic E-state index is 0.0304. The highest BCUT2D eigenvalue weighted by Gasteiger charge is 2.36. The summed E-state index contributed by atoms with van der Waals surface area (Å²) in [6.45, 7) is 2.14. The lowest BCUT2D eigenvalue weighted by Crippen LogP contribution is -2.25. The van der Waals surface area contributed by atoms with E-state index in [-0.39, 0.29) is 11.8 Å². The third-order valence-corrected chi connectivity index (χ3v) is 4.93. The molecule has 2 atom stereocenters. The molecule has 1 aliphatic rings. The van der Waals surface area contributed by atoms with E-state index in [4.69, 9.17) is 0 Å². The van der Waals surface area contributed by atoms with Gasteiger partial charge in [-0.15, -0.1) is 0 Å². The van der Waals surface area contributed by atoms with Crippen molar-refractivity contribution >= 4 is 28.6 Å². The number of imidazole rings is 1. The molecule has 26 heavy (non-hydrogen) atoms. The molecule has 1 aliphatic heterocycles. The molecular formula is C20H19N3O3. The number of para-hydroxylation sites is 3. The van der Waals surface area contributed by atoms with Gasteiger partial charge in [-0.25, -0.2) is 9.78 Å². The van der Waals surface area contributed by atoms with Gasteiger partial charge in [0.15, 0.2) is 0 Å². The van der Waals surface area contributed by atoms with Crippen molar-refractivity contribution in [1.29, 1.82) is 0 Å². The Morgan fingerprint density at radius 1 is 1.15 bits per heavy atom. The van der Waals surface area contributed by atoms with Gasteiger partial charge in [-0.2, -0.15) is 0 Å². The van der Waals surface area contributed by atoms with Crippen LogP contribution in [-0.2, 0) is 9.59 Å². The Morgan fingerprint density at radius 3 is 2.58 bits per heavy atom. The summed E-state index contributed by atoms with van der Waals surface area (Å²) in [6, 6.07) is 16.3. The number of carbonyl (C=O) groups excluding carboxylic acids is 1. The standard InChI is InChI=1S/C20H19N3O3/c1-13(20(25)26)23-17-10-6-5-9-16(17)21-19(23)14-11-18(24)22(12-14)15-7-3-2-4-8-15/h2-10,13-14H,11-12H2,1H3,(H,25,26). The van der Waals surface area contributed by atoms with Crippen molar-refractivity contribution in [2.24, 2.45) is 0 Å². The zero-order chi connectivity index (χ0) is 18.3. The first-order chi connectivity index (χ1) is 12.6. The molecule has 1 saturated heterocycles. The summed E-state index contributed by atoms with van der Waals surface area (Å²) in [6.07, 6.45) is 0.324. The van der Waals surface area contributed by atoms with Gasteiger partial charge in [-0.3, -0.25) is 4.79 Å². The van der Waals surface area contributed by atoms with E-state index >= 15 is 0 Å². The van der Waals surface area contributed by atoms with Gasteiger partial charge in [-0.05, 0) is 31.2 Å². The zero-order valence-corrected chi connectivity index (χ0v) is 14.4. The van der Waals surface area contributed by atoms with Gasteiger partial charge < -0.3 is 14.6 Å². The number of rotatable bonds is 4. The monoisotopic (exact) mass is 349 g/mol. The summed E-state index contributed by atoms with van der Waals surface area (Å²) in [5, 5.41) is 9.54. The summed E-state index contributed by atoms with van der Waals surface area (Å²) >= 11 is 0. The van der Waals surface area contributed by atoms with E-state index < -0.39 is 12.0 Å². The summed E-state index contributed by atoms with van der Waals surface area (Å²) in [4.78, 5) is 30.6. The predicted molar refractivity (Wildman–Crippen MR) is 98.2 cm³/mol. The highest BCUT2D eigenvalue weighted by Crippen LogP contribution is 2.34. The summed E-state index contributed by atoms with van der Waals surface area (Å²) in [5.41, 5.74) is 2.39. The quantitative estimate of drug-likeness (QED) is 0.785. The first-order valence-electron chi connectivity index (χ1n) is 8.61. The van der Waals surface area contributed by atoms with Gasteiger partial charge in [0.25, 0.3) is 0 Å². The number of nitrogens with zero attached hydrogens (tertiary/aromatic N) is 3. The maximum absolute atomic E-state index is 12.6. The minimum Gasteiger partial charge on any atom is -0.480 e. The highest BCUT2D eigenvalue weighted by atomic mass is 16.4. The number of carbonyl (C=O) groups is 2. The van der Waals surface area contributed by atoms with Crippen molar-refractivity contribution < 1.29 is 14.7 Å². The van der Waals surface area contributed by atoms with Gasteiger partial charge in [0.2, 0.25) is 5.91 Å². The number of fused-ring (bicyclic) bond motifs is 1. The van der Waals surface area contributed by atoms with Crippen LogP contribution in [0.3, 0.4) is 0 Å². The van der Waals surface area contributed by atoms with Crippen LogP contribution >= 0.6 is 0 Å². The molecule has 6 nitrogen and oxygen atoms in total. The first kappa shape index (κ1) is 16.3. The topological polar surface area (TPSA) is 75.4 Å². The van der Waals surface area contributed by atoms with Crippen LogP contribution in [0.25, 0.3) is 11.0 Å². The molecule has 0 aliphatic carbocycles. The van der Waals surface area contributed by atoms with E-state index in [1.54, 1.807) is 16.4 Å². The van der Waals surface area contributed by atoms with E-state index in [0.29, 0.717) is 18.8 Å². The van der Waals surface area contributed by atoms with Crippen LogP contribution in [0.15, 0.2) is 54.6 Å². The number of aromatic nitrogens is 2. The number of carboxylic acids is 1. The molecule has 0 radical (unpaired) electrons. The van der Waals surface area contributed by atoms with Crippen molar-refractivity contribution in [3.8, 4) is 0 Å². The number of amides is 1. The Bertz CT molecular complexity index is 980. The number of hydrogen-bond acceptors (Lipinski definition) is 3. The van der Waals surface area contributed by atoms with E-state index in [1.165, 1.54) is 0 Å². The Balaban J connectivity index is 1.76. The van der Waals surface area contributed by atoms with Crippen molar-refractivity contribution in [3.05, 3.63) is 60.4 Å². The Morgan fingerprint density at radius 2 is 1.85 bits per heavy atom. The molecule has 0 spiro atoms. The van der Waals surface area contributed by atoms with Crippen LogP contribution in [0.5, 0.6) is 0 Å². The lowest BCUT2D eigenvalue weighted by atomic mass is 10.1. The number of aliphatic carboxylic acids is 1. The second-order valence-electron chi connectivity index (χ2n) is 6.58. The second kappa shape index (κ2) is 6.29. The van der Waals surface area contributed by atoms with Crippen molar-refractivity contribution in [2.75, 3.05) is 11.4 Å². The van der Waals surface area contributed by atoms with Crippen LogP contribution in [0, 0.1) is 0 Å². The third kappa shape index (κ3) is 2.63. The third-order valence-electron chi connectivity index (χ3n) is 4.93. The van der Waals surface area contributed by atoms with Crippen molar-refractivity contribution in [1.82, 2.24) is 9.55 Å². The van der Waals surface area contributed by atoms with Crippen molar-refractivity contribution in [3.63, 3.8) is 0 Å². The molecule has 0 bridgehead atoms. The van der Waals surface area contributed by atoms with Crippen LogP contribution in [0.2, 0.25) is 0 Å². The number of anilines is 1. The fourth-order valence-electron chi connectivity index (χ4n) is 3.61. The fourth-order valence-corrected chi connectivity index (χ4v) is 3.61. The van der Waals surface area contributed by atoms with Crippen LogP contribution < -0.4 is 4.90 Å². The predicted octanol–water partition coefficient (Wildman–Crippen LogP) is 3.20. The second-order valence-corrected chi connectivity index (χ2v) is 6.58. The van der Waals surface area contributed by atoms with Gasteiger partial charge in [0, 0.05) is 24.6 Å². The summed E-state index contributed by atoms with van der Waals surface area (Å²) in [5.74, 6) is -0.369. The molecule has 1 amide bonds. The Kier molecular flexibility index (Phi) is 3.95. The number of benzene rings is 2. The minimum atomic E-state index is -0.918. The maximum Gasteiger partial charge on any atom is 0.326 e. The molecule has 4 rings (SSSR count). The molecule has 1 N–H and O–H groups in total. The number of carboxylic acid groups (broad SMARTS) is 1. The van der Waals surface area contributed by atoms with E-state index in [2.05, 4.69) is 4.98 Å². The average molecular weight is 349 g/mol. The lowest BCUT2D eigenvalue weighted by molar-refractivity contribution is -0.140. The van der Waals surface area contributed by atoms with E-state index in [1.807, 2.05) is 54.6 Å². The molecule has 0 saturated carbocycles. The van der Waals surface area contributed by atoms with Gasteiger partial charge in [0.1, 0.15) is 11.9 Å². The van der Waals surface area contributed by atoms with Gasteiger partial charge in [-0.1, -0.05) is 30.3 Å². The molecule has 2 aromatic carbocycles. The summed E-state index contributed by atoms with van der Waals surface area (Å²) in [7, 11) is 0. The normalized spacial score (nSPS) is 18.4. The smallest absolute Gasteiger partial charge is 0.326 e. The molecule has 6 heteroatoms. The Hall–Kier alpha value is -3.15. The van der Waals surface area contributed by atoms with E-state index in [0.717, 1.165) is 16.7 Å². The first-order valence-corrected chi connectivity index (χ1v) is 8.61. The van der Waals surface area contributed by atoms with Crippen molar-refractivity contribution in [2.45, 2.75) is 25.3 Å². The summed E-state index contributed by atoms with van der Waals surface area (Å²) < 4.78 is 1.75. The van der Waals surface area contributed by atoms with Gasteiger partial charge >= 0.3 is 5.97 Å². The molecule has 2 unspecified atom stereocenters. The van der Waals surface area contributed by atoms with Crippen LogP contribution in [0.1, 0.15) is 31.1 Å². The molecule has 1 aromatic heterocycles. The number of hydrogen-bond donors (Lipinski definition) is 1. The molecule has 1 fully saturated rings. The maximum atomic E-state index is 12.6. The molecule has 132 valence electrons. The molecule has 3 aromatic rings. The van der Waals surface area contributed by atoms with Gasteiger partial charge in [0.05, 0.1) is 11.0 Å². The fraction of sp³-hybridized carbons (Fsp3) is 0.250. The van der Waals surface area contributed by atoms with Crippen LogP contribution in [-0.4, -0.2) is 33.1 Å². The molecule has 2 heterocycles. The van der Waals surface area contributed by atoms with Crippen LogP contribution in [0.4, 0.5) is 5.69 Å². The SMILES string of the molecule is CC(C(=O)O)n1c(C2CC(=O)N(c3ccccc3)C2)nc2ccccc21.